The van der Waals surface area contributed by atoms with Crippen molar-refractivity contribution < 1.29 is 14.0 Å². The van der Waals surface area contributed by atoms with E-state index in [4.69, 9.17) is 0 Å². The molecule has 0 aromatic heterocycles. The van der Waals surface area contributed by atoms with Gasteiger partial charge in [-0.1, -0.05) is 36.4 Å². The first-order valence-electron chi connectivity index (χ1n) is 9.34. The molecule has 27 heavy (non-hydrogen) atoms. The SMILES string of the molecule is Cc1cccc(C)c1NC(=O)C1CCN(C(=O)Cc2ccccc2F)CC1. The number of para-hydroxylation sites is 1. The summed E-state index contributed by atoms with van der Waals surface area (Å²) in [6.07, 6.45) is 1.31. The first kappa shape index (κ1) is 19.1. The van der Waals surface area contributed by atoms with Crippen molar-refractivity contribution >= 4 is 17.5 Å². The average molecular weight is 368 g/mol. The van der Waals surface area contributed by atoms with Gasteiger partial charge in [-0.3, -0.25) is 9.59 Å². The first-order valence-corrected chi connectivity index (χ1v) is 9.34. The molecule has 2 amide bonds. The molecule has 2 aromatic rings. The number of likely N-dealkylation sites (tertiary alicyclic amines) is 1. The van der Waals surface area contributed by atoms with E-state index in [1.165, 1.54) is 6.07 Å². The molecule has 0 unspecified atom stereocenters. The zero-order valence-electron chi connectivity index (χ0n) is 15.8. The van der Waals surface area contributed by atoms with Gasteiger partial charge in [-0.25, -0.2) is 4.39 Å². The number of aryl methyl sites for hydroxylation is 2. The van der Waals surface area contributed by atoms with Gasteiger partial charge in [-0.2, -0.15) is 0 Å². The van der Waals surface area contributed by atoms with Crippen LogP contribution in [0, 0.1) is 25.6 Å². The lowest BCUT2D eigenvalue weighted by Gasteiger charge is -2.31. The quantitative estimate of drug-likeness (QED) is 0.891. The lowest BCUT2D eigenvalue weighted by Crippen LogP contribution is -2.42. The third-order valence-electron chi connectivity index (χ3n) is 5.25. The van der Waals surface area contributed by atoms with Crippen LogP contribution >= 0.6 is 0 Å². The van der Waals surface area contributed by atoms with Crippen LogP contribution in [-0.2, 0) is 16.0 Å². The van der Waals surface area contributed by atoms with Crippen molar-refractivity contribution in [2.24, 2.45) is 5.92 Å². The van der Waals surface area contributed by atoms with E-state index in [0.717, 1.165) is 16.8 Å². The fraction of sp³-hybridized carbons (Fsp3) is 0.364. The Morgan fingerprint density at radius 1 is 1.04 bits per heavy atom. The smallest absolute Gasteiger partial charge is 0.227 e. The topological polar surface area (TPSA) is 49.4 Å². The summed E-state index contributed by atoms with van der Waals surface area (Å²) >= 11 is 0. The average Bonchev–Trinajstić information content (AvgIpc) is 2.66. The van der Waals surface area contributed by atoms with Gasteiger partial charge in [-0.05, 0) is 49.4 Å². The molecule has 3 rings (SSSR count). The Labute approximate surface area is 159 Å². The molecule has 4 nitrogen and oxygen atoms in total. The summed E-state index contributed by atoms with van der Waals surface area (Å²) in [6.45, 7) is 5.01. The van der Waals surface area contributed by atoms with E-state index in [-0.39, 0.29) is 30.0 Å². The minimum atomic E-state index is -0.353. The Balaban J connectivity index is 1.54. The Kier molecular flexibility index (Phi) is 5.89. The number of nitrogens with one attached hydrogen (secondary N) is 1. The summed E-state index contributed by atoms with van der Waals surface area (Å²) in [7, 11) is 0. The van der Waals surface area contributed by atoms with E-state index in [9.17, 15) is 14.0 Å². The third kappa shape index (κ3) is 4.54. The number of halogens is 1. The number of nitrogens with zero attached hydrogens (tertiary/aromatic N) is 1. The van der Waals surface area contributed by atoms with E-state index in [2.05, 4.69) is 5.32 Å². The molecule has 1 heterocycles. The molecule has 0 atom stereocenters. The van der Waals surface area contributed by atoms with Gasteiger partial charge in [0.15, 0.2) is 0 Å². The molecule has 1 aliphatic heterocycles. The summed E-state index contributed by atoms with van der Waals surface area (Å²) in [4.78, 5) is 26.8. The maximum atomic E-state index is 13.7. The van der Waals surface area contributed by atoms with Gasteiger partial charge in [0.25, 0.3) is 0 Å². The van der Waals surface area contributed by atoms with Gasteiger partial charge in [-0.15, -0.1) is 0 Å². The van der Waals surface area contributed by atoms with Crippen molar-refractivity contribution in [3.05, 3.63) is 65.0 Å². The van der Waals surface area contributed by atoms with Crippen LogP contribution in [0.15, 0.2) is 42.5 Å². The van der Waals surface area contributed by atoms with E-state index >= 15 is 0 Å². The van der Waals surface area contributed by atoms with Gasteiger partial charge in [0.2, 0.25) is 11.8 Å². The molecule has 0 radical (unpaired) electrons. The minimum Gasteiger partial charge on any atom is -0.342 e. The Hall–Kier alpha value is -2.69. The highest BCUT2D eigenvalue weighted by atomic mass is 19.1. The van der Waals surface area contributed by atoms with Crippen LogP contribution in [0.25, 0.3) is 0 Å². The van der Waals surface area contributed by atoms with Crippen molar-refractivity contribution in [1.82, 2.24) is 4.90 Å². The number of hydrogen-bond acceptors (Lipinski definition) is 2. The van der Waals surface area contributed by atoms with Crippen LogP contribution < -0.4 is 5.32 Å². The van der Waals surface area contributed by atoms with Crippen molar-refractivity contribution in [3.63, 3.8) is 0 Å². The molecule has 2 aromatic carbocycles. The van der Waals surface area contributed by atoms with Gasteiger partial charge in [0, 0.05) is 24.7 Å². The predicted molar refractivity (Wildman–Crippen MR) is 104 cm³/mol. The van der Waals surface area contributed by atoms with Crippen molar-refractivity contribution in [2.45, 2.75) is 33.1 Å². The zero-order valence-corrected chi connectivity index (χ0v) is 15.8. The van der Waals surface area contributed by atoms with Crippen LogP contribution in [0.1, 0.15) is 29.5 Å². The summed E-state index contributed by atoms with van der Waals surface area (Å²) in [5.74, 6) is -0.544. The number of hydrogen-bond donors (Lipinski definition) is 1. The minimum absolute atomic E-state index is 0.00797. The number of carbonyl (C=O) groups is 2. The van der Waals surface area contributed by atoms with E-state index in [0.29, 0.717) is 31.5 Å². The maximum Gasteiger partial charge on any atom is 0.227 e. The first-order chi connectivity index (χ1) is 13.0. The van der Waals surface area contributed by atoms with Crippen molar-refractivity contribution in [2.75, 3.05) is 18.4 Å². The molecule has 0 bridgehead atoms. The number of piperidine rings is 1. The molecule has 1 N–H and O–H groups in total. The van der Waals surface area contributed by atoms with Crippen LogP contribution in [0.4, 0.5) is 10.1 Å². The van der Waals surface area contributed by atoms with Gasteiger partial charge >= 0.3 is 0 Å². The second kappa shape index (κ2) is 8.33. The van der Waals surface area contributed by atoms with Crippen LogP contribution in [0.3, 0.4) is 0 Å². The molecule has 1 fully saturated rings. The largest absolute Gasteiger partial charge is 0.342 e. The second-order valence-corrected chi connectivity index (χ2v) is 7.18. The number of rotatable bonds is 4. The second-order valence-electron chi connectivity index (χ2n) is 7.18. The highest BCUT2D eigenvalue weighted by molar-refractivity contribution is 5.94. The molecular weight excluding hydrogens is 343 g/mol. The molecule has 1 aliphatic rings. The van der Waals surface area contributed by atoms with E-state index in [1.807, 2.05) is 32.0 Å². The standard InChI is InChI=1S/C22H25FN2O2/c1-15-6-5-7-16(2)21(15)24-22(27)17-10-12-25(13-11-17)20(26)14-18-8-3-4-9-19(18)23/h3-9,17H,10-14H2,1-2H3,(H,24,27). The highest BCUT2D eigenvalue weighted by Gasteiger charge is 2.28. The van der Waals surface area contributed by atoms with Crippen LogP contribution in [-0.4, -0.2) is 29.8 Å². The summed E-state index contributed by atoms with van der Waals surface area (Å²) < 4.78 is 13.7. The molecule has 0 aliphatic carbocycles. The third-order valence-corrected chi connectivity index (χ3v) is 5.25. The van der Waals surface area contributed by atoms with Crippen LogP contribution in [0.5, 0.6) is 0 Å². The number of benzene rings is 2. The number of anilines is 1. The molecule has 142 valence electrons. The maximum absolute atomic E-state index is 13.7. The van der Waals surface area contributed by atoms with E-state index in [1.54, 1.807) is 23.1 Å². The molecule has 0 saturated carbocycles. The van der Waals surface area contributed by atoms with Crippen molar-refractivity contribution in [3.8, 4) is 0 Å². The highest BCUT2D eigenvalue weighted by Crippen LogP contribution is 2.24. The lowest BCUT2D eigenvalue weighted by molar-refractivity contribution is -0.133. The van der Waals surface area contributed by atoms with Crippen molar-refractivity contribution in [1.29, 1.82) is 0 Å². The monoisotopic (exact) mass is 368 g/mol. The molecule has 1 saturated heterocycles. The van der Waals surface area contributed by atoms with Gasteiger partial charge in [0.05, 0.1) is 6.42 Å². The predicted octanol–water partition coefficient (Wildman–Crippen LogP) is 3.86. The normalized spacial score (nSPS) is 14.9. The number of amides is 2. The van der Waals surface area contributed by atoms with E-state index < -0.39 is 0 Å². The summed E-state index contributed by atoms with van der Waals surface area (Å²) in [5, 5.41) is 3.05. The Bertz CT molecular complexity index is 822. The van der Waals surface area contributed by atoms with Gasteiger partial charge < -0.3 is 10.2 Å². The summed E-state index contributed by atoms with van der Waals surface area (Å²) in [5.41, 5.74) is 3.37. The molecule has 5 heteroatoms. The fourth-order valence-corrected chi connectivity index (χ4v) is 3.54. The molecular formula is C22H25FN2O2. The Morgan fingerprint density at radius 3 is 2.30 bits per heavy atom. The lowest BCUT2D eigenvalue weighted by atomic mass is 9.95. The fourth-order valence-electron chi connectivity index (χ4n) is 3.54. The van der Waals surface area contributed by atoms with Crippen LogP contribution in [0.2, 0.25) is 0 Å². The summed E-state index contributed by atoms with van der Waals surface area (Å²) in [6, 6.07) is 12.3. The zero-order chi connectivity index (χ0) is 19.4. The van der Waals surface area contributed by atoms with Gasteiger partial charge in [0.1, 0.15) is 5.82 Å². The number of carbonyl (C=O) groups excluding carboxylic acids is 2. The Morgan fingerprint density at radius 2 is 1.67 bits per heavy atom. The molecule has 0 spiro atoms.